The van der Waals surface area contributed by atoms with Gasteiger partial charge in [0, 0.05) is 13.1 Å². The Morgan fingerprint density at radius 3 is 2.61 bits per heavy atom. The number of hydrogen-bond donors (Lipinski definition) is 1. The zero-order valence-electron chi connectivity index (χ0n) is 17.1. The number of halogens is 2. The number of unbranched alkanes of at least 4 members (excludes halogenated alkanes) is 1. The Morgan fingerprint density at radius 2 is 1.90 bits per heavy atom. The first-order chi connectivity index (χ1) is 15.0. The van der Waals surface area contributed by atoms with Crippen molar-refractivity contribution >= 4 is 34.0 Å². The Kier molecular flexibility index (Phi) is 5.94. The lowest BCUT2D eigenvalue weighted by molar-refractivity contribution is 0.0656. The molecule has 3 heterocycles. The molecule has 164 valence electrons. The predicted octanol–water partition coefficient (Wildman–Crippen LogP) is 3.74. The maximum Gasteiger partial charge on any atom is 0.330 e. The number of nitrogens with zero attached hydrogens (tertiary/aromatic N) is 5. The number of nitrogens with one attached hydrogen (secondary N) is 1. The van der Waals surface area contributed by atoms with Crippen LogP contribution in [0.15, 0.2) is 39.0 Å². The lowest BCUT2D eigenvalue weighted by atomic mass is 10.3. The molecular weight excluding hydrogens is 426 g/mol. The number of benzene rings is 1. The fourth-order valence-corrected chi connectivity index (χ4v) is 4.59. The molecule has 0 aliphatic rings. The van der Waals surface area contributed by atoms with Crippen molar-refractivity contribution in [1.82, 2.24) is 28.7 Å². The van der Waals surface area contributed by atoms with Gasteiger partial charge in [0.2, 0.25) is 0 Å². The van der Waals surface area contributed by atoms with Crippen molar-refractivity contribution in [2.75, 3.05) is 0 Å². The fourth-order valence-electron chi connectivity index (χ4n) is 3.63. The molecular formula is C20H22F2N6O2S. The van der Waals surface area contributed by atoms with Gasteiger partial charge in [0.15, 0.2) is 16.3 Å². The van der Waals surface area contributed by atoms with Gasteiger partial charge < -0.3 is 4.57 Å². The van der Waals surface area contributed by atoms with Crippen molar-refractivity contribution < 1.29 is 8.78 Å². The van der Waals surface area contributed by atoms with Crippen LogP contribution in [0.1, 0.15) is 39.1 Å². The van der Waals surface area contributed by atoms with E-state index in [1.54, 1.807) is 28.8 Å². The first kappa shape index (κ1) is 21.3. The number of fused-ring (bicyclic) bond motifs is 2. The standard InChI is InChI=1S/C20H22F2N6O2S/c1-3-5-10-27-16-15(17(29)25-19(27)30)26(4-2)14(24-16)11-31-20-23-12-8-6-7-9-13(12)28(20)18(21)22/h6-9,18H,3-5,10-11H2,1-2H3,(H,25,29,30). The summed E-state index contributed by atoms with van der Waals surface area (Å²) in [6.45, 7) is 2.03. The number of aromatic amines is 1. The molecule has 0 fully saturated rings. The van der Waals surface area contributed by atoms with Gasteiger partial charge in [-0.3, -0.25) is 18.9 Å². The molecule has 0 aliphatic carbocycles. The lowest BCUT2D eigenvalue weighted by Gasteiger charge is -2.08. The van der Waals surface area contributed by atoms with Crippen LogP contribution in [0.5, 0.6) is 0 Å². The van der Waals surface area contributed by atoms with Gasteiger partial charge in [-0.05, 0) is 25.5 Å². The highest BCUT2D eigenvalue weighted by molar-refractivity contribution is 7.98. The van der Waals surface area contributed by atoms with Crippen LogP contribution in [0.4, 0.5) is 8.78 Å². The van der Waals surface area contributed by atoms with Crippen LogP contribution in [0.2, 0.25) is 0 Å². The second-order valence-electron chi connectivity index (χ2n) is 7.03. The van der Waals surface area contributed by atoms with Crippen LogP contribution in [-0.4, -0.2) is 28.7 Å². The Morgan fingerprint density at radius 1 is 1.13 bits per heavy atom. The summed E-state index contributed by atoms with van der Waals surface area (Å²) in [5.74, 6) is 0.747. The smallest absolute Gasteiger partial charge is 0.322 e. The van der Waals surface area contributed by atoms with Crippen molar-refractivity contribution in [2.24, 2.45) is 0 Å². The molecule has 1 N–H and O–H groups in total. The van der Waals surface area contributed by atoms with Gasteiger partial charge in [0.05, 0.1) is 16.8 Å². The van der Waals surface area contributed by atoms with Crippen molar-refractivity contribution in [2.45, 2.75) is 57.2 Å². The number of aryl methyl sites for hydroxylation is 2. The van der Waals surface area contributed by atoms with E-state index in [9.17, 15) is 18.4 Å². The second-order valence-corrected chi connectivity index (χ2v) is 7.97. The molecule has 0 aliphatic heterocycles. The summed E-state index contributed by atoms with van der Waals surface area (Å²) in [5, 5.41) is 0.170. The molecule has 0 saturated carbocycles. The predicted molar refractivity (Wildman–Crippen MR) is 116 cm³/mol. The van der Waals surface area contributed by atoms with E-state index in [1.807, 2.05) is 13.8 Å². The van der Waals surface area contributed by atoms with Crippen LogP contribution in [-0.2, 0) is 18.8 Å². The van der Waals surface area contributed by atoms with E-state index < -0.39 is 17.8 Å². The Bertz CT molecular complexity index is 1350. The molecule has 4 aromatic rings. The second kappa shape index (κ2) is 8.66. The van der Waals surface area contributed by atoms with Crippen molar-refractivity contribution in [3.63, 3.8) is 0 Å². The Hall–Kier alpha value is -2.95. The Labute approximate surface area is 179 Å². The average Bonchev–Trinajstić information content (AvgIpc) is 3.30. The number of hydrogen-bond acceptors (Lipinski definition) is 5. The third kappa shape index (κ3) is 3.78. The highest BCUT2D eigenvalue weighted by atomic mass is 32.2. The van der Waals surface area contributed by atoms with E-state index in [0.717, 1.165) is 29.2 Å². The summed E-state index contributed by atoms with van der Waals surface area (Å²) in [6, 6.07) is 6.73. The van der Waals surface area contributed by atoms with E-state index in [-0.39, 0.29) is 10.9 Å². The molecule has 31 heavy (non-hydrogen) atoms. The first-order valence-electron chi connectivity index (χ1n) is 10.1. The van der Waals surface area contributed by atoms with Crippen LogP contribution >= 0.6 is 11.8 Å². The molecule has 0 unspecified atom stereocenters. The number of imidazole rings is 2. The SMILES string of the molecule is CCCCn1c(=O)[nH]c(=O)c2c1nc(CSc1nc3ccccc3n1C(F)F)n2CC. The van der Waals surface area contributed by atoms with E-state index in [2.05, 4.69) is 15.0 Å². The molecule has 0 bridgehead atoms. The zero-order valence-corrected chi connectivity index (χ0v) is 18.0. The minimum atomic E-state index is -2.73. The highest BCUT2D eigenvalue weighted by Crippen LogP contribution is 2.31. The number of aromatic nitrogens is 6. The molecule has 0 amide bonds. The Balaban J connectivity index is 1.77. The van der Waals surface area contributed by atoms with Crippen LogP contribution in [0, 0.1) is 0 Å². The minimum Gasteiger partial charge on any atom is -0.322 e. The maximum absolute atomic E-state index is 13.7. The van der Waals surface area contributed by atoms with Crippen LogP contribution in [0.3, 0.4) is 0 Å². The molecule has 8 nitrogen and oxygen atoms in total. The molecule has 1 aromatic carbocycles. The van der Waals surface area contributed by atoms with Crippen molar-refractivity contribution in [3.05, 3.63) is 50.9 Å². The monoisotopic (exact) mass is 448 g/mol. The molecule has 11 heteroatoms. The number of H-pyrrole nitrogens is 1. The summed E-state index contributed by atoms with van der Waals surface area (Å²) in [5.41, 5.74) is 0.481. The zero-order chi connectivity index (χ0) is 22.1. The molecule has 0 saturated heterocycles. The maximum atomic E-state index is 13.7. The van der Waals surface area contributed by atoms with E-state index in [0.29, 0.717) is 41.1 Å². The number of para-hydroxylation sites is 2. The summed E-state index contributed by atoms with van der Waals surface area (Å²) in [6.07, 6.45) is 1.65. The highest BCUT2D eigenvalue weighted by Gasteiger charge is 2.21. The largest absolute Gasteiger partial charge is 0.330 e. The third-order valence-electron chi connectivity index (χ3n) is 5.11. The van der Waals surface area contributed by atoms with Gasteiger partial charge >= 0.3 is 12.2 Å². The minimum absolute atomic E-state index is 0.170. The van der Waals surface area contributed by atoms with Crippen LogP contribution < -0.4 is 11.2 Å². The number of rotatable bonds is 8. The molecule has 0 radical (unpaired) electrons. The molecule has 0 spiro atoms. The van der Waals surface area contributed by atoms with Crippen molar-refractivity contribution in [1.29, 1.82) is 0 Å². The van der Waals surface area contributed by atoms with Gasteiger partial charge in [0.1, 0.15) is 5.82 Å². The van der Waals surface area contributed by atoms with E-state index >= 15 is 0 Å². The van der Waals surface area contributed by atoms with Crippen molar-refractivity contribution in [3.8, 4) is 0 Å². The summed E-state index contributed by atoms with van der Waals surface area (Å²) in [7, 11) is 0. The molecule has 3 aromatic heterocycles. The van der Waals surface area contributed by atoms with Gasteiger partial charge in [-0.1, -0.05) is 37.2 Å². The topological polar surface area (TPSA) is 90.5 Å². The lowest BCUT2D eigenvalue weighted by Crippen LogP contribution is -2.31. The number of thioether (sulfide) groups is 1. The quantitative estimate of drug-likeness (QED) is 0.415. The summed E-state index contributed by atoms with van der Waals surface area (Å²) in [4.78, 5) is 36.1. The van der Waals surface area contributed by atoms with Gasteiger partial charge in [0.25, 0.3) is 5.56 Å². The average molecular weight is 448 g/mol. The fraction of sp³-hybridized carbons (Fsp3) is 0.400. The summed E-state index contributed by atoms with van der Waals surface area (Å²) < 4.78 is 31.5. The number of alkyl halides is 2. The van der Waals surface area contributed by atoms with Gasteiger partial charge in [-0.15, -0.1) is 0 Å². The molecule has 4 rings (SSSR count). The normalized spacial score (nSPS) is 11.9. The van der Waals surface area contributed by atoms with E-state index in [1.165, 1.54) is 4.57 Å². The van der Waals surface area contributed by atoms with Gasteiger partial charge in [-0.25, -0.2) is 14.8 Å². The van der Waals surface area contributed by atoms with Crippen LogP contribution in [0.25, 0.3) is 22.2 Å². The van der Waals surface area contributed by atoms with Gasteiger partial charge in [-0.2, -0.15) is 8.78 Å². The van der Waals surface area contributed by atoms with E-state index in [4.69, 9.17) is 0 Å². The third-order valence-corrected chi connectivity index (χ3v) is 6.05. The molecule has 0 atom stereocenters. The summed E-state index contributed by atoms with van der Waals surface area (Å²) >= 11 is 1.12. The first-order valence-corrected chi connectivity index (χ1v) is 11.0.